The van der Waals surface area contributed by atoms with Gasteiger partial charge >= 0.3 is 12.5 Å². The molecule has 4 rings (SSSR count). The summed E-state index contributed by atoms with van der Waals surface area (Å²) < 4.78 is 48.4. The van der Waals surface area contributed by atoms with Gasteiger partial charge in [-0.05, 0) is 58.6 Å². The average Bonchev–Trinajstić information content (AvgIpc) is 3.25. The Bertz CT molecular complexity index is 1120. The Morgan fingerprint density at radius 3 is 2.50 bits per heavy atom. The van der Waals surface area contributed by atoms with Crippen molar-refractivity contribution < 1.29 is 27.4 Å². The van der Waals surface area contributed by atoms with E-state index in [-0.39, 0.29) is 17.8 Å². The van der Waals surface area contributed by atoms with Crippen LogP contribution in [0.1, 0.15) is 46.5 Å². The zero-order valence-corrected chi connectivity index (χ0v) is 19.8. The molecule has 2 aromatic heterocycles. The summed E-state index contributed by atoms with van der Waals surface area (Å²) in [6, 6.07) is 6.00. The topological polar surface area (TPSA) is 89.8 Å². The van der Waals surface area contributed by atoms with Gasteiger partial charge < -0.3 is 20.1 Å². The van der Waals surface area contributed by atoms with Crippen LogP contribution in [0, 0.1) is 0 Å². The van der Waals surface area contributed by atoms with Crippen LogP contribution in [-0.2, 0) is 4.74 Å². The molecular formula is C22H26F3N5O3S. The summed E-state index contributed by atoms with van der Waals surface area (Å²) in [6.07, 6.45) is -0.0543. The number of alkyl halides is 3. The molecule has 1 saturated carbocycles. The van der Waals surface area contributed by atoms with Crippen molar-refractivity contribution in [1.29, 1.82) is 0 Å². The highest BCUT2D eigenvalue weighted by Crippen LogP contribution is 2.30. The fraction of sp³-hybridized carbons (Fsp3) is 0.500. The van der Waals surface area contributed by atoms with Crippen molar-refractivity contribution in [3.8, 4) is 17.0 Å². The van der Waals surface area contributed by atoms with Gasteiger partial charge in [0.05, 0.1) is 11.9 Å². The molecule has 184 valence electrons. The van der Waals surface area contributed by atoms with Gasteiger partial charge in [0, 0.05) is 17.6 Å². The zero-order valence-electron chi connectivity index (χ0n) is 19.0. The Kier molecular flexibility index (Phi) is 6.61. The number of carbonyl (C=O) groups excluding carboxylic acids is 1. The van der Waals surface area contributed by atoms with Gasteiger partial charge in [-0.25, -0.2) is 14.3 Å². The number of halogens is 3. The number of benzene rings is 1. The molecule has 0 saturated heterocycles. The van der Waals surface area contributed by atoms with Gasteiger partial charge in [-0.2, -0.15) is 0 Å². The molecule has 1 fully saturated rings. The largest absolute Gasteiger partial charge is 0.573 e. The van der Waals surface area contributed by atoms with Crippen LogP contribution in [0.2, 0.25) is 0 Å². The number of ether oxygens (including phenoxy) is 2. The van der Waals surface area contributed by atoms with E-state index in [1.54, 1.807) is 16.8 Å². The second kappa shape index (κ2) is 9.32. The predicted octanol–water partition coefficient (Wildman–Crippen LogP) is 5.60. The highest BCUT2D eigenvalue weighted by molar-refractivity contribution is 7.20. The Morgan fingerprint density at radius 1 is 1.15 bits per heavy atom. The summed E-state index contributed by atoms with van der Waals surface area (Å²) in [6.45, 7) is 5.50. The number of alkyl carbamates (subject to hydrolysis) is 1. The quantitative estimate of drug-likeness (QED) is 0.477. The highest BCUT2D eigenvalue weighted by Gasteiger charge is 2.31. The summed E-state index contributed by atoms with van der Waals surface area (Å²) in [5.41, 5.74) is 0.488. The van der Waals surface area contributed by atoms with Crippen molar-refractivity contribution in [3.63, 3.8) is 0 Å². The fourth-order valence-corrected chi connectivity index (χ4v) is 4.64. The third-order valence-electron chi connectivity index (χ3n) is 5.18. The number of aromatic nitrogens is 3. The highest BCUT2D eigenvalue weighted by atomic mass is 32.1. The molecule has 3 aromatic rings. The van der Waals surface area contributed by atoms with Gasteiger partial charge in [-0.3, -0.25) is 0 Å². The molecule has 1 aliphatic carbocycles. The number of hydrogen-bond donors (Lipinski definition) is 2. The molecule has 12 heteroatoms. The third-order valence-corrected chi connectivity index (χ3v) is 6.04. The number of amides is 1. The average molecular weight is 498 g/mol. The lowest BCUT2D eigenvalue weighted by atomic mass is 9.91. The molecular weight excluding hydrogens is 471 g/mol. The van der Waals surface area contributed by atoms with E-state index in [2.05, 4.69) is 25.5 Å². The number of nitrogens with one attached hydrogen (secondary N) is 2. The van der Waals surface area contributed by atoms with Crippen LogP contribution in [0.5, 0.6) is 5.75 Å². The first-order valence-electron chi connectivity index (χ1n) is 10.9. The maximum absolute atomic E-state index is 12.5. The second-order valence-electron chi connectivity index (χ2n) is 9.18. The molecule has 0 bridgehead atoms. The van der Waals surface area contributed by atoms with Crippen molar-refractivity contribution >= 4 is 27.5 Å². The van der Waals surface area contributed by atoms with E-state index in [9.17, 15) is 18.0 Å². The summed E-state index contributed by atoms with van der Waals surface area (Å²) >= 11 is 1.37. The standard InChI is InChI=1S/C22H26F3N5O3S/c1-21(2,3)33-20(31)27-15-9-7-14(8-10-15)26-18-29-30-12-17(28-19(30)34-18)13-5-4-6-16(11-13)32-22(23,24)25/h4-6,11-12,14-15H,7-10H2,1-3H3,(H,26,29)(H,27,31). The first kappa shape index (κ1) is 24.1. The number of nitrogens with zero attached hydrogens (tertiary/aromatic N) is 3. The van der Waals surface area contributed by atoms with Crippen LogP contribution in [0.3, 0.4) is 0 Å². The van der Waals surface area contributed by atoms with Gasteiger partial charge in [0.1, 0.15) is 11.4 Å². The number of rotatable bonds is 5. The Labute approximate surface area is 198 Å². The molecule has 1 aromatic carbocycles. The first-order valence-corrected chi connectivity index (χ1v) is 11.7. The smallest absolute Gasteiger partial charge is 0.444 e. The second-order valence-corrected chi connectivity index (χ2v) is 10.1. The molecule has 1 amide bonds. The molecule has 8 nitrogen and oxygen atoms in total. The maximum Gasteiger partial charge on any atom is 0.573 e. The molecule has 0 spiro atoms. The molecule has 0 unspecified atom stereocenters. The van der Waals surface area contributed by atoms with Gasteiger partial charge in [-0.1, -0.05) is 23.5 Å². The summed E-state index contributed by atoms with van der Waals surface area (Å²) in [5, 5.41) is 11.6. The number of imidazole rings is 1. The van der Waals surface area contributed by atoms with Gasteiger partial charge in [0.25, 0.3) is 0 Å². The molecule has 0 atom stereocenters. The monoisotopic (exact) mass is 497 g/mol. The van der Waals surface area contributed by atoms with E-state index in [0.717, 1.165) is 25.7 Å². The molecule has 34 heavy (non-hydrogen) atoms. The Balaban J connectivity index is 1.33. The molecule has 2 heterocycles. The van der Waals surface area contributed by atoms with Crippen molar-refractivity contribution in [2.75, 3.05) is 5.32 Å². The van der Waals surface area contributed by atoms with Crippen LogP contribution in [-0.4, -0.2) is 44.7 Å². The van der Waals surface area contributed by atoms with Crippen molar-refractivity contribution in [3.05, 3.63) is 30.5 Å². The summed E-state index contributed by atoms with van der Waals surface area (Å²) in [7, 11) is 0. The van der Waals surface area contributed by atoms with Gasteiger partial charge in [-0.15, -0.1) is 18.3 Å². The molecule has 0 radical (unpaired) electrons. The fourth-order valence-electron chi connectivity index (χ4n) is 3.78. The van der Waals surface area contributed by atoms with Gasteiger partial charge in [0.15, 0.2) is 0 Å². The minimum Gasteiger partial charge on any atom is -0.444 e. The molecule has 0 aliphatic heterocycles. The van der Waals surface area contributed by atoms with E-state index in [1.807, 2.05) is 20.8 Å². The van der Waals surface area contributed by atoms with E-state index in [4.69, 9.17) is 4.74 Å². The van der Waals surface area contributed by atoms with Crippen LogP contribution < -0.4 is 15.4 Å². The number of hydrogen-bond acceptors (Lipinski definition) is 7. The van der Waals surface area contributed by atoms with E-state index in [1.165, 1.54) is 29.5 Å². The van der Waals surface area contributed by atoms with Crippen molar-refractivity contribution in [1.82, 2.24) is 19.9 Å². The maximum atomic E-state index is 12.5. The lowest BCUT2D eigenvalue weighted by Crippen LogP contribution is -2.42. The summed E-state index contributed by atoms with van der Waals surface area (Å²) in [5.74, 6) is -0.298. The normalized spacial score (nSPS) is 19.1. The summed E-state index contributed by atoms with van der Waals surface area (Å²) in [4.78, 5) is 17.1. The third kappa shape index (κ3) is 6.52. The minimum absolute atomic E-state index is 0.0844. The first-order chi connectivity index (χ1) is 15.9. The number of carbonyl (C=O) groups is 1. The minimum atomic E-state index is -4.75. The van der Waals surface area contributed by atoms with Crippen LogP contribution in [0.15, 0.2) is 30.5 Å². The Hall–Kier alpha value is -3.02. The van der Waals surface area contributed by atoms with Crippen molar-refractivity contribution in [2.24, 2.45) is 0 Å². The van der Waals surface area contributed by atoms with Crippen LogP contribution in [0.25, 0.3) is 16.2 Å². The van der Waals surface area contributed by atoms with E-state index < -0.39 is 18.1 Å². The van der Waals surface area contributed by atoms with Gasteiger partial charge in [0.2, 0.25) is 10.1 Å². The number of anilines is 1. The van der Waals surface area contributed by atoms with E-state index in [0.29, 0.717) is 21.3 Å². The van der Waals surface area contributed by atoms with Crippen LogP contribution >= 0.6 is 11.3 Å². The molecule has 1 aliphatic rings. The molecule has 2 N–H and O–H groups in total. The zero-order chi connectivity index (χ0) is 24.5. The SMILES string of the molecule is CC(C)(C)OC(=O)NC1CCC(Nc2nn3cc(-c4cccc(OC(F)(F)F)c4)nc3s2)CC1. The number of fused-ring (bicyclic) bond motifs is 1. The van der Waals surface area contributed by atoms with E-state index >= 15 is 0 Å². The lowest BCUT2D eigenvalue weighted by Gasteiger charge is -2.30. The van der Waals surface area contributed by atoms with Crippen LogP contribution in [0.4, 0.5) is 23.1 Å². The predicted molar refractivity (Wildman–Crippen MR) is 122 cm³/mol. The Morgan fingerprint density at radius 2 is 1.85 bits per heavy atom. The lowest BCUT2D eigenvalue weighted by molar-refractivity contribution is -0.274. The van der Waals surface area contributed by atoms with Crippen molar-refractivity contribution in [2.45, 2.75) is 70.5 Å².